The quantitative estimate of drug-likeness (QED) is 0.684. The summed E-state index contributed by atoms with van der Waals surface area (Å²) in [6, 6.07) is 12.2. The van der Waals surface area contributed by atoms with Gasteiger partial charge in [-0.2, -0.15) is 0 Å². The van der Waals surface area contributed by atoms with Crippen molar-refractivity contribution in [1.29, 1.82) is 0 Å². The topological polar surface area (TPSA) is 81.5 Å². The molecule has 6 heteroatoms. The number of benzene rings is 2. The van der Waals surface area contributed by atoms with Crippen LogP contribution in [-0.2, 0) is 11.3 Å². The molecule has 2 aromatic rings. The molecule has 2 rings (SSSR count). The van der Waals surface area contributed by atoms with Gasteiger partial charge in [-0.25, -0.2) is 4.79 Å². The number of nitro groups is 1. The molecule has 22 heavy (non-hydrogen) atoms. The number of nitro benzene ring substituents is 1. The number of anilines is 1. The van der Waals surface area contributed by atoms with Crippen molar-refractivity contribution in [2.45, 2.75) is 20.5 Å². The maximum absolute atomic E-state index is 11.9. The second-order valence-electron chi connectivity index (χ2n) is 4.85. The van der Waals surface area contributed by atoms with E-state index < -0.39 is 11.0 Å². The number of nitrogens with zero attached hydrogens (tertiary/aromatic N) is 1. The molecule has 114 valence electrons. The molecule has 1 amide bonds. The first kappa shape index (κ1) is 15.5. The number of aryl methyl sites for hydroxylation is 1. The molecule has 0 aliphatic heterocycles. The van der Waals surface area contributed by atoms with Crippen LogP contribution in [0.3, 0.4) is 0 Å². The van der Waals surface area contributed by atoms with E-state index in [4.69, 9.17) is 4.74 Å². The minimum Gasteiger partial charge on any atom is -0.444 e. The van der Waals surface area contributed by atoms with E-state index in [1.165, 1.54) is 6.07 Å². The highest BCUT2D eigenvalue weighted by Gasteiger charge is 2.19. The number of carbonyl (C=O) groups is 1. The summed E-state index contributed by atoms with van der Waals surface area (Å²) in [7, 11) is 0. The summed E-state index contributed by atoms with van der Waals surface area (Å²) < 4.78 is 5.09. The Morgan fingerprint density at radius 1 is 1.18 bits per heavy atom. The van der Waals surface area contributed by atoms with E-state index in [0.717, 1.165) is 11.1 Å². The lowest BCUT2D eigenvalue weighted by molar-refractivity contribution is -0.384. The molecule has 1 N–H and O–H groups in total. The highest BCUT2D eigenvalue weighted by atomic mass is 16.6. The van der Waals surface area contributed by atoms with Crippen LogP contribution in [0.4, 0.5) is 16.2 Å². The number of carbonyl (C=O) groups excluding carboxylic acids is 1. The van der Waals surface area contributed by atoms with E-state index in [2.05, 4.69) is 5.32 Å². The van der Waals surface area contributed by atoms with Crippen LogP contribution >= 0.6 is 0 Å². The molecule has 0 unspecified atom stereocenters. The van der Waals surface area contributed by atoms with Gasteiger partial charge >= 0.3 is 6.09 Å². The normalized spacial score (nSPS) is 10.1. The molecule has 6 nitrogen and oxygen atoms in total. The second kappa shape index (κ2) is 6.71. The van der Waals surface area contributed by atoms with E-state index in [1.807, 2.05) is 37.3 Å². The maximum Gasteiger partial charge on any atom is 0.412 e. The van der Waals surface area contributed by atoms with Crippen LogP contribution in [0.5, 0.6) is 0 Å². The average molecular weight is 300 g/mol. The number of hydrogen-bond acceptors (Lipinski definition) is 4. The van der Waals surface area contributed by atoms with E-state index in [1.54, 1.807) is 13.0 Å². The second-order valence-corrected chi connectivity index (χ2v) is 4.85. The van der Waals surface area contributed by atoms with E-state index in [0.29, 0.717) is 5.56 Å². The fourth-order valence-corrected chi connectivity index (χ4v) is 1.97. The highest BCUT2D eigenvalue weighted by Crippen LogP contribution is 2.30. The van der Waals surface area contributed by atoms with Crippen LogP contribution in [0, 0.1) is 24.0 Å². The maximum atomic E-state index is 11.9. The van der Waals surface area contributed by atoms with Gasteiger partial charge in [0.05, 0.1) is 4.92 Å². The van der Waals surface area contributed by atoms with Crippen molar-refractivity contribution in [1.82, 2.24) is 0 Å². The van der Waals surface area contributed by atoms with Crippen molar-refractivity contribution in [3.05, 3.63) is 69.3 Å². The molecule has 0 heterocycles. The van der Waals surface area contributed by atoms with Gasteiger partial charge in [0.1, 0.15) is 12.3 Å². The predicted octanol–water partition coefficient (Wildman–Crippen LogP) is 3.96. The molecule has 0 aromatic heterocycles. The molecular formula is C16H16N2O4. The fraction of sp³-hybridized carbons (Fsp3) is 0.188. The molecule has 0 atom stereocenters. The van der Waals surface area contributed by atoms with Crippen LogP contribution in [-0.4, -0.2) is 11.0 Å². The summed E-state index contributed by atoms with van der Waals surface area (Å²) in [4.78, 5) is 22.4. The minimum absolute atomic E-state index is 0.103. The lowest BCUT2D eigenvalue weighted by Crippen LogP contribution is -2.15. The molecule has 0 aliphatic carbocycles. The van der Waals surface area contributed by atoms with Crippen LogP contribution in [0.15, 0.2) is 42.5 Å². The summed E-state index contributed by atoms with van der Waals surface area (Å²) in [5.41, 5.74) is 2.35. The Balaban J connectivity index is 2.11. The molecule has 0 spiro atoms. The number of nitrogens with one attached hydrogen (secondary N) is 1. The van der Waals surface area contributed by atoms with Gasteiger partial charge in [-0.05, 0) is 30.5 Å². The molecule has 0 saturated heterocycles. The third kappa shape index (κ3) is 3.60. The zero-order chi connectivity index (χ0) is 16.1. The first-order chi connectivity index (χ1) is 10.5. The number of hydrogen-bond donors (Lipinski definition) is 1. The Bertz CT molecular complexity index is 699. The van der Waals surface area contributed by atoms with Crippen molar-refractivity contribution in [2.24, 2.45) is 0 Å². The summed E-state index contributed by atoms with van der Waals surface area (Å²) in [5.74, 6) is 0. The Hall–Kier alpha value is -2.89. The van der Waals surface area contributed by atoms with Gasteiger partial charge in [0.25, 0.3) is 5.69 Å². The van der Waals surface area contributed by atoms with Crippen molar-refractivity contribution >= 4 is 17.5 Å². The SMILES string of the molecule is Cc1ccc([N+](=O)[O-])c(NC(=O)OCc2ccccc2)c1C. The van der Waals surface area contributed by atoms with Gasteiger partial charge in [0.2, 0.25) is 0 Å². The van der Waals surface area contributed by atoms with Gasteiger partial charge in [-0.1, -0.05) is 36.4 Å². The number of ether oxygens (including phenoxy) is 1. The van der Waals surface area contributed by atoms with Crippen LogP contribution in [0.2, 0.25) is 0 Å². The van der Waals surface area contributed by atoms with Gasteiger partial charge in [0, 0.05) is 6.07 Å². The van der Waals surface area contributed by atoms with Gasteiger partial charge in [-0.15, -0.1) is 0 Å². The molecular weight excluding hydrogens is 284 g/mol. The van der Waals surface area contributed by atoms with E-state index >= 15 is 0 Å². The Labute approximate surface area is 127 Å². The largest absolute Gasteiger partial charge is 0.444 e. The Morgan fingerprint density at radius 2 is 1.86 bits per heavy atom. The molecule has 0 aliphatic rings. The summed E-state index contributed by atoms with van der Waals surface area (Å²) in [6.07, 6.45) is -0.722. The van der Waals surface area contributed by atoms with Crippen molar-refractivity contribution < 1.29 is 14.5 Å². The smallest absolute Gasteiger partial charge is 0.412 e. The Morgan fingerprint density at radius 3 is 2.50 bits per heavy atom. The van der Waals surface area contributed by atoms with Gasteiger partial charge < -0.3 is 4.74 Å². The summed E-state index contributed by atoms with van der Waals surface area (Å²) in [5, 5.41) is 13.5. The minimum atomic E-state index is -0.722. The average Bonchev–Trinajstić information content (AvgIpc) is 2.50. The van der Waals surface area contributed by atoms with Crippen LogP contribution in [0.25, 0.3) is 0 Å². The standard InChI is InChI=1S/C16H16N2O4/c1-11-8-9-14(18(20)21)15(12(11)2)17-16(19)22-10-13-6-4-3-5-7-13/h3-9H,10H2,1-2H3,(H,17,19). The third-order valence-electron chi connectivity index (χ3n) is 3.35. The lowest BCUT2D eigenvalue weighted by Gasteiger charge is -2.11. The van der Waals surface area contributed by atoms with Crippen molar-refractivity contribution in [3.8, 4) is 0 Å². The van der Waals surface area contributed by atoms with Crippen molar-refractivity contribution in [3.63, 3.8) is 0 Å². The van der Waals surface area contributed by atoms with E-state index in [-0.39, 0.29) is 18.0 Å². The Kier molecular flexibility index (Phi) is 4.73. The lowest BCUT2D eigenvalue weighted by atomic mass is 10.1. The first-order valence-corrected chi connectivity index (χ1v) is 6.71. The third-order valence-corrected chi connectivity index (χ3v) is 3.35. The molecule has 0 bridgehead atoms. The summed E-state index contributed by atoms with van der Waals surface area (Å²) >= 11 is 0. The fourth-order valence-electron chi connectivity index (χ4n) is 1.97. The van der Waals surface area contributed by atoms with Gasteiger partial charge in [0.15, 0.2) is 0 Å². The van der Waals surface area contributed by atoms with E-state index in [9.17, 15) is 14.9 Å². The predicted molar refractivity (Wildman–Crippen MR) is 82.8 cm³/mol. The zero-order valence-corrected chi connectivity index (χ0v) is 12.3. The van der Waals surface area contributed by atoms with Crippen molar-refractivity contribution in [2.75, 3.05) is 5.32 Å². The molecule has 0 fully saturated rings. The number of rotatable bonds is 4. The van der Waals surface area contributed by atoms with Crippen LogP contribution in [0.1, 0.15) is 16.7 Å². The first-order valence-electron chi connectivity index (χ1n) is 6.71. The highest BCUT2D eigenvalue weighted by molar-refractivity contribution is 5.89. The molecule has 0 saturated carbocycles. The number of amides is 1. The molecule has 0 radical (unpaired) electrons. The van der Waals surface area contributed by atoms with Crippen LogP contribution < -0.4 is 5.32 Å². The summed E-state index contributed by atoms with van der Waals surface area (Å²) in [6.45, 7) is 3.64. The molecule has 2 aromatic carbocycles. The monoisotopic (exact) mass is 300 g/mol. The zero-order valence-electron chi connectivity index (χ0n) is 12.3. The van der Waals surface area contributed by atoms with Gasteiger partial charge in [-0.3, -0.25) is 15.4 Å².